The zero-order valence-electron chi connectivity index (χ0n) is 39.2. The summed E-state index contributed by atoms with van der Waals surface area (Å²) < 4.78 is 67.0. The van der Waals surface area contributed by atoms with Gasteiger partial charge >= 0.3 is 0 Å². The second kappa shape index (κ2) is 51.2. The summed E-state index contributed by atoms with van der Waals surface area (Å²) in [5.41, 5.74) is 1.38. The maximum atomic E-state index is 5.79. The lowest BCUT2D eigenvalue weighted by atomic mass is 10.0. The number of hydrogen-bond donors (Lipinski definition) is 0. The molecule has 1 aromatic carbocycles. The van der Waals surface area contributed by atoms with Crippen LogP contribution >= 0.6 is 0 Å². The largest absolute Gasteiger partial charge is 0.491 e. The lowest BCUT2D eigenvalue weighted by molar-refractivity contribution is -0.0277. The molecule has 1 rings (SSSR count). The quantitative estimate of drug-likeness (QED) is 0.0582. The van der Waals surface area contributed by atoms with Crippen molar-refractivity contribution in [2.24, 2.45) is 0 Å². The number of ether oxygens (including phenoxy) is 12. The normalized spacial score (nSPS) is 11.6. The molecule has 0 radical (unpaired) electrons. The standard InChI is InChI=1S/C49H92O12/c1-3-5-7-9-11-12-13-14-15-17-19-25-50-26-27-51-28-29-52-30-31-53-32-33-54-34-35-55-36-37-56-38-39-57-40-41-58-42-43-59-44-45-60-46-47-61-49-23-21-48(22-24-49)20-18-16-10-8-6-4-2/h21-24H,3-20,25-47H2,1-2H3. The molecule has 0 saturated heterocycles. The molecular weight excluding hydrogens is 781 g/mol. The first kappa shape index (κ1) is 57.6. The van der Waals surface area contributed by atoms with Gasteiger partial charge in [-0.15, -0.1) is 0 Å². The summed E-state index contributed by atoms with van der Waals surface area (Å²) in [5.74, 6) is 0.887. The van der Waals surface area contributed by atoms with E-state index >= 15 is 0 Å². The Kier molecular flexibility index (Phi) is 48.4. The molecular formula is C49H92O12. The van der Waals surface area contributed by atoms with E-state index in [2.05, 4.69) is 38.1 Å². The van der Waals surface area contributed by atoms with Crippen molar-refractivity contribution < 1.29 is 56.8 Å². The molecule has 0 unspecified atom stereocenters. The molecule has 0 aliphatic carbocycles. The van der Waals surface area contributed by atoms with Crippen molar-refractivity contribution in [2.45, 2.75) is 129 Å². The summed E-state index contributed by atoms with van der Waals surface area (Å²) in [6, 6.07) is 8.45. The van der Waals surface area contributed by atoms with E-state index in [1.165, 1.54) is 108 Å². The highest BCUT2D eigenvalue weighted by Gasteiger charge is 2.00. The maximum Gasteiger partial charge on any atom is 0.119 e. The fraction of sp³-hybridized carbons (Fsp3) is 0.878. The molecule has 0 aromatic heterocycles. The monoisotopic (exact) mass is 873 g/mol. The van der Waals surface area contributed by atoms with Gasteiger partial charge in [0.05, 0.1) is 139 Å². The molecule has 360 valence electrons. The lowest BCUT2D eigenvalue weighted by Gasteiger charge is -2.09. The van der Waals surface area contributed by atoms with Gasteiger partial charge in [-0.1, -0.05) is 122 Å². The van der Waals surface area contributed by atoms with Gasteiger partial charge in [-0.2, -0.15) is 0 Å². The van der Waals surface area contributed by atoms with E-state index in [4.69, 9.17) is 56.8 Å². The molecule has 0 atom stereocenters. The van der Waals surface area contributed by atoms with Gasteiger partial charge in [-0.25, -0.2) is 0 Å². The summed E-state index contributed by atoms with van der Waals surface area (Å²) in [6.45, 7) is 17.2. The van der Waals surface area contributed by atoms with Crippen LogP contribution in [0.1, 0.15) is 129 Å². The molecule has 0 aliphatic heterocycles. The number of aryl methyl sites for hydroxylation is 1. The van der Waals surface area contributed by atoms with E-state index in [9.17, 15) is 0 Å². The SMILES string of the molecule is CCCCCCCCCCCCCOCCOCCOCCOCCOCCOCCOCCOCCOCCOCCOCCOc1ccc(CCCCCCCC)cc1. The summed E-state index contributed by atoms with van der Waals surface area (Å²) in [4.78, 5) is 0. The van der Waals surface area contributed by atoms with Crippen LogP contribution in [0.4, 0.5) is 0 Å². The van der Waals surface area contributed by atoms with Gasteiger partial charge in [0, 0.05) is 6.61 Å². The Morgan fingerprint density at radius 1 is 0.246 bits per heavy atom. The van der Waals surface area contributed by atoms with Crippen LogP contribution in [0.2, 0.25) is 0 Å². The third kappa shape index (κ3) is 46.4. The molecule has 0 amide bonds. The van der Waals surface area contributed by atoms with Crippen LogP contribution in [-0.4, -0.2) is 152 Å². The minimum atomic E-state index is 0.516. The van der Waals surface area contributed by atoms with E-state index in [1.54, 1.807) is 0 Å². The van der Waals surface area contributed by atoms with Gasteiger partial charge in [0.1, 0.15) is 12.4 Å². The van der Waals surface area contributed by atoms with Gasteiger partial charge in [-0.05, 0) is 37.0 Å². The lowest BCUT2D eigenvalue weighted by Crippen LogP contribution is -2.15. The molecule has 0 saturated carbocycles. The molecule has 0 heterocycles. The number of hydrogen-bond acceptors (Lipinski definition) is 12. The molecule has 0 spiro atoms. The highest BCUT2D eigenvalue weighted by Crippen LogP contribution is 2.15. The van der Waals surface area contributed by atoms with Gasteiger partial charge < -0.3 is 56.8 Å². The van der Waals surface area contributed by atoms with Crippen LogP contribution in [0, 0.1) is 0 Å². The Labute approximate surface area is 372 Å². The predicted octanol–water partition coefficient (Wildman–Crippen LogP) is 9.46. The Morgan fingerprint density at radius 3 is 0.803 bits per heavy atom. The molecule has 0 N–H and O–H groups in total. The Balaban J connectivity index is 1.64. The minimum Gasteiger partial charge on any atom is -0.491 e. The van der Waals surface area contributed by atoms with E-state index in [0.29, 0.717) is 145 Å². The third-order valence-electron chi connectivity index (χ3n) is 9.85. The highest BCUT2D eigenvalue weighted by atomic mass is 16.6. The first-order chi connectivity index (χ1) is 30.4. The van der Waals surface area contributed by atoms with Crippen LogP contribution in [0.15, 0.2) is 24.3 Å². The van der Waals surface area contributed by atoms with E-state index in [0.717, 1.165) is 25.2 Å². The van der Waals surface area contributed by atoms with E-state index in [1.807, 2.05) is 0 Å². The van der Waals surface area contributed by atoms with Gasteiger partial charge in [0.25, 0.3) is 0 Å². The smallest absolute Gasteiger partial charge is 0.119 e. The zero-order chi connectivity index (χ0) is 43.5. The van der Waals surface area contributed by atoms with Gasteiger partial charge in [-0.3, -0.25) is 0 Å². The molecule has 12 nitrogen and oxygen atoms in total. The average Bonchev–Trinajstić information content (AvgIpc) is 3.28. The summed E-state index contributed by atoms with van der Waals surface area (Å²) >= 11 is 0. The Bertz CT molecular complexity index is 941. The number of rotatable bonds is 53. The van der Waals surface area contributed by atoms with Crippen molar-refractivity contribution in [3.05, 3.63) is 29.8 Å². The fourth-order valence-electron chi connectivity index (χ4n) is 6.25. The van der Waals surface area contributed by atoms with Gasteiger partial charge in [0.2, 0.25) is 0 Å². The van der Waals surface area contributed by atoms with Crippen LogP contribution in [0.25, 0.3) is 0 Å². The first-order valence-electron chi connectivity index (χ1n) is 24.4. The van der Waals surface area contributed by atoms with Crippen LogP contribution < -0.4 is 4.74 Å². The second-order valence-electron chi connectivity index (χ2n) is 15.3. The summed E-state index contributed by atoms with van der Waals surface area (Å²) in [6.07, 6.45) is 24.0. The molecule has 0 aliphatic rings. The number of benzene rings is 1. The highest BCUT2D eigenvalue weighted by molar-refractivity contribution is 5.27. The first-order valence-corrected chi connectivity index (χ1v) is 24.4. The van der Waals surface area contributed by atoms with Gasteiger partial charge in [0.15, 0.2) is 0 Å². The van der Waals surface area contributed by atoms with Crippen molar-refractivity contribution in [2.75, 3.05) is 152 Å². The van der Waals surface area contributed by atoms with Crippen molar-refractivity contribution in [1.29, 1.82) is 0 Å². The van der Waals surface area contributed by atoms with Crippen LogP contribution in [0.5, 0.6) is 5.75 Å². The molecule has 0 bridgehead atoms. The molecule has 0 fully saturated rings. The number of unbranched alkanes of at least 4 members (excludes halogenated alkanes) is 15. The van der Waals surface area contributed by atoms with Crippen molar-refractivity contribution >= 4 is 0 Å². The predicted molar refractivity (Wildman–Crippen MR) is 244 cm³/mol. The topological polar surface area (TPSA) is 111 Å². The average molecular weight is 873 g/mol. The van der Waals surface area contributed by atoms with Crippen molar-refractivity contribution in [3.63, 3.8) is 0 Å². The van der Waals surface area contributed by atoms with Crippen LogP contribution in [0.3, 0.4) is 0 Å². The fourth-order valence-corrected chi connectivity index (χ4v) is 6.25. The molecule has 1 aromatic rings. The van der Waals surface area contributed by atoms with Crippen LogP contribution in [-0.2, 0) is 58.5 Å². The Hall–Kier alpha value is -1.42. The maximum absolute atomic E-state index is 5.79. The molecule has 12 heteroatoms. The van der Waals surface area contributed by atoms with Crippen molar-refractivity contribution in [3.8, 4) is 5.75 Å². The Morgan fingerprint density at radius 2 is 0.492 bits per heavy atom. The minimum absolute atomic E-state index is 0.516. The zero-order valence-corrected chi connectivity index (χ0v) is 39.2. The summed E-state index contributed by atoms with van der Waals surface area (Å²) in [5, 5.41) is 0. The molecule has 61 heavy (non-hydrogen) atoms. The third-order valence-corrected chi connectivity index (χ3v) is 9.85. The van der Waals surface area contributed by atoms with E-state index in [-0.39, 0.29) is 0 Å². The van der Waals surface area contributed by atoms with Crippen molar-refractivity contribution in [1.82, 2.24) is 0 Å². The summed E-state index contributed by atoms with van der Waals surface area (Å²) in [7, 11) is 0. The second-order valence-corrected chi connectivity index (χ2v) is 15.3. The van der Waals surface area contributed by atoms with E-state index < -0.39 is 0 Å².